The highest BCUT2D eigenvalue weighted by atomic mass is 16.4. The van der Waals surface area contributed by atoms with Gasteiger partial charge in [-0.25, -0.2) is 9.78 Å². The Hall–Kier alpha value is -2.42. The molecule has 0 aliphatic rings. The zero-order valence-electron chi connectivity index (χ0n) is 14.0. The molecule has 2 aromatic carbocycles. The van der Waals surface area contributed by atoms with Gasteiger partial charge in [-0.05, 0) is 35.6 Å². The summed E-state index contributed by atoms with van der Waals surface area (Å²) < 4.78 is 5.38. The Labute approximate surface area is 136 Å². The smallest absolute Gasteiger partial charge is 0.346 e. The highest BCUT2D eigenvalue weighted by molar-refractivity contribution is 5.77. The van der Waals surface area contributed by atoms with Gasteiger partial charge in [0, 0.05) is 6.42 Å². The quantitative estimate of drug-likeness (QED) is 0.705. The van der Waals surface area contributed by atoms with Crippen LogP contribution in [0, 0.1) is 6.92 Å². The number of hydrogen-bond donors (Lipinski definition) is 0. The fourth-order valence-corrected chi connectivity index (χ4v) is 2.60. The van der Waals surface area contributed by atoms with Crippen molar-refractivity contribution in [3.63, 3.8) is 0 Å². The van der Waals surface area contributed by atoms with Crippen LogP contribution in [0.3, 0.4) is 0 Å². The third kappa shape index (κ3) is 3.34. The number of hydrogen-bond acceptors (Lipinski definition) is 3. The highest BCUT2D eigenvalue weighted by Crippen LogP contribution is 2.22. The van der Waals surface area contributed by atoms with Crippen molar-refractivity contribution in [1.29, 1.82) is 0 Å². The molecule has 0 atom stereocenters. The van der Waals surface area contributed by atoms with Gasteiger partial charge in [0.15, 0.2) is 0 Å². The summed E-state index contributed by atoms with van der Waals surface area (Å²) in [5.41, 5.74) is 3.89. The van der Waals surface area contributed by atoms with Crippen LogP contribution in [0.5, 0.6) is 0 Å². The summed E-state index contributed by atoms with van der Waals surface area (Å²) in [5.74, 6) is 0.454. The monoisotopic (exact) mass is 307 g/mol. The molecule has 3 heteroatoms. The molecule has 0 bridgehead atoms. The van der Waals surface area contributed by atoms with Crippen LogP contribution < -0.4 is 5.63 Å². The zero-order valence-corrected chi connectivity index (χ0v) is 14.0. The topological polar surface area (TPSA) is 43.1 Å². The van der Waals surface area contributed by atoms with Crippen molar-refractivity contribution in [2.24, 2.45) is 0 Å². The van der Waals surface area contributed by atoms with Crippen LogP contribution in [0.25, 0.3) is 10.9 Å². The molecular formula is C20H21NO2. The second-order valence-corrected chi connectivity index (χ2v) is 7.04. The molecule has 0 aliphatic carbocycles. The van der Waals surface area contributed by atoms with Crippen molar-refractivity contribution in [2.75, 3.05) is 0 Å². The van der Waals surface area contributed by atoms with Crippen LogP contribution in [0.15, 0.2) is 51.7 Å². The maximum Gasteiger partial charge on any atom is 0.346 e. The summed E-state index contributed by atoms with van der Waals surface area (Å²) >= 11 is 0. The number of rotatable bonds is 2. The van der Waals surface area contributed by atoms with Crippen LogP contribution in [0.1, 0.15) is 43.4 Å². The lowest BCUT2D eigenvalue weighted by Gasteiger charge is -2.19. The van der Waals surface area contributed by atoms with Crippen molar-refractivity contribution in [3.05, 3.63) is 75.5 Å². The minimum absolute atomic E-state index is 0.129. The van der Waals surface area contributed by atoms with E-state index in [1.54, 1.807) is 0 Å². The van der Waals surface area contributed by atoms with E-state index >= 15 is 0 Å². The number of aromatic nitrogens is 1. The number of nitrogens with zero attached hydrogens (tertiary/aromatic N) is 1. The van der Waals surface area contributed by atoms with E-state index in [0.29, 0.717) is 23.2 Å². The Morgan fingerprint density at radius 3 is 2.39 bits per heavy atom. The Balaban J connectivity index is 1.93. The second-order valence-electron chi connectivity index (χ2n) is 7.04. The molecule has 3 nitrogen and oxygen atoms in total. The van der Waals surface area contributed by atoms with Gasteiger partial charge in [0.1, 0.15) is 0 Å². The molecule has 0 unspecified atom stereocenters. The molecule has 23 heavy (non-hydrogen) atoms. The Morgan fingerprint density at radius 1 is 1.04 bits per heavy atom. The fraction of sp³-hybridized carbons (Fsp3) is 0.300. The molecule has 3 aromatic rings. The minimum atomic E-state index is -0.319. The molecule has 0 spiro atoms. The van der Waals surface area contributed by atoms with Crippen molar-refractivity contribution >= 4 is 10.9 Å². The minimum Gasteiger partial charge on any atom is -0.408 e. The normalized spacial score (nSPS) is 11.8. The fourth-order valence-electron chi connectivity index (χ4n) is 2.60. The summed E-state index contributed by atoms with van der Waals surface area (Å²) in [4.78, 5) is 16.6. The maximum atomic E-state index is 12.1. The summed E-state index contributed by atoms with van der Waals surface area (Å²) in [6.45, 7) is 8.51. The van der Waals surface area contributed by atoms with Crippen LogP contribution in [0.2, 0.25) is 0 Å². The summed E-state index contributed by atoms with van der Waals surface area (Å²) in [6, 6.07) is 14.0. The van der Waals surface area contributed by atoms with E-state index < -0.39 is 0 Å². The van der Waals surface area contributed by atoms with Crippen LogP contribution in [0.4, 0.5) is 0 Å². The first-order valence-corrected chi connectivity index (χ1v) is 7.83. The average Bonchev–Trinajstić information content (AvgIpc) is 2.48. The van der Waals surface area contributed by atoms with E-state index in [0.717, 1.165) is 11.1 Å². The lowest BCUT2D eigenvalue weighted by Crippen LogP contribution is -2.11. The Bertz CT molecular complexity index is 900. The lowest BCUT2D eigenvalue weighted by molar-refractivity contribution is 0.454. The van der Waals surface area contributed by atoms with E-state index in [-0.39, 0.29) is 11.0 Å². The van der Waals surface area contributed by atoms with Gasteiger partial charge in [0.25, 0.3) is 0 Å². The standard InChI is InChI=1S/C20H21NO2/c1-13-5-10-17-16(11-13)19(22)23-18(21-17)12-14-6-8-15(9-7-14)20(2,3)4/h5-11H,12H2,1-4H3. The van der Waals surface area contributed by atoms with Crippen molar-refractivity contribution in [3.8, 4) is 0 Å². The van der Waals surface area contributed by atoms with Crippen LogP contribution in [-0.2, 0) is 11.8 Å². The summed E-state index contributed by atoms with van der Waals surface area (Å²) in [7, 11) is 0. The SMILES string of the molecule is Cc1ccc2nc(Cc3ccc(C(C)(C)C)cc3)oc(=O)c2c1. The van der Waals surface area contributed by atoms with Crippen molar-refractivity contribution < 1.29 is 4.42 Å². The molecule has 0 radical (unpaired) electrons. The molecule has 1 aromatic heterocycles. The van der Waals surface area contributed by atoms with E-state index in [2.05, 4.69) is 50.0 Å². The molecule has 0 N–H and O–H groups in total. The van der Waals surface area contributed by atoms with Gasteiger partial charge < -0.3 is 4.42 Å². The molecule has 0 fully saturated rings. The van der Waals surface area contributed by atoms with Gasteiger partial charge in [-0.2, -0.15) is 0 Å². The first kappa shape index (κ1) is 15.5. The first-order chi connectivity index (χ1) is 10.8. The van der Waals surface area contributed by atoms with E-state index in [1.807, 2.05) is 25.1 Å². The van der Waals surface area contributed by atoms with Crippen molar-refractivity contribution in [1.82, 2.24) is 4.98 Å². The predicted octanol–water partition coefficient (Wildman–Crippen LogP) is 4.38. The maximum absolute atomic E-state index is 12.1. The third-order valence-electron chi connectivity index (χ3n) is 4.00. The van der Waals surface area contributed by atoms with Crippen LogP contribution in [-0.4, -0.2) is 4.98 Å². The van der Waals surface area contributed by atoms with Gasteiger partial charge in [0.2, 0.25) is 5.89 Å². The summed E-state index contributed by atoms with van der Waals surface area (Å²) in [5, 5.41) is 0.539. The molecule has 0 amide bonds. The Kier molecular flexibility index (Phi) is 3.80. The third-order valence-corrected chi connectivity index (χ3v) is 4.00. The van der Waals surface area contributed by atoms with Gasteiger partial charge >= 0.3 is 5.63 Å². The van der Waals surface area contributed by atoms with Crippen LogP contribution >= 0.6 is 0 Å². The number of benzene rings is 2. The molecule has 0 aliphatic heterocycles. The van der Waals surface area contributed by atoms with Gasteiger partial charge in [0.05, 0.1) is 10.9 Å². The molecule has 1 heterocycles. The predicted molar refractivity (Wildman–Crippen MR) is 93.0 cm³/mol. The zero-order chi connectivity index (χ0) is 16.6. The second kappa shape index (κ2) is 5.65. The molecule has 0 saturated heterocycles. The molecule has 3 rings (SSSR count). The van der Waals surface area contributed by atoms with E-state index in [4.69, 9.17) is 4.42 Å². The van der Waals surface area contributed by atoms with Gasteiger partial charge in [-0.15, -0.1) is 0 Å². The highest BCUT2D eigenvalue weighted by Gasteiger charge is 2.13. The lowest BCUT2D eigenvalue weighted by atomic mass is 9.86. The average molecular weight is 307 g/mol. The molecule has 118 valence electrons. The van der Waals surface area contributed by atoms with E-state index in [9.17, 15) is 4.79 Å². The molecular weight excluding hydrogens is 286 g/mol. The van der Waals surface area contributed by atoms with Crippen molar-refractivity contribution in [2.45, 2.75) is 39.5 Å². The first-order valence-electron chi connectivity index (χ1n) is 7.83. The van der Waals surface area contributed by atoms with Gasteiger partial charge in [-0.3, -0.25) is 0 Å². The number of aryl methyl sites for hydroxylation is 1. The molecule has 0 saturated carbocycles. The van der Waals surface area contributed by atoms with E-state index in [1.165, 1.54) is 5.56 Å². The van der Waals surface area contributed by atoms with Gasteiger partial charge in [-0.1, -0.05) is 56.7 Å². The largest absolute Gasteiger partial charge is 0.408 e. The summed E-state index contributed by atoms with van der Waals surface area (Å²) in [6.07, 6.45) is 0.517. The number of fused-ring (bicyclic) bond motifs is 1. The Morgan fingerprint density at radius 2 is 1.74 bits per heavy atom.